The molecule has 0 aromatic heterocycles. The molecule has 0 spiro atoms. The van der Waals surface area contributed by atoms with Gasteiger partial charge < -0.3 is 10.1 Å². The van der Waals surface area contributed by atoms with Crippen LogP contribution in [0, 0.1) is 0 Å². The van der Waals surface area contributed by atoms with Crippen LogP contribution >= 0.6 is 0 Å². The van der Waals surface area contributed by atoms with Crippen molar-refractivity contribution in [1.29, 1.82) is 0 Å². The standard InChI is InChI=1S/C19H21NO3/c1-3-4-12-23-18-7-5-6-16(13-18)19(22)20-17-10-8-15(9-11-17)14(2)21/h5-11,13H,3-4,12H2,1-2H3,(H,20,22). The van der Waals surface area contributed by atoms with E-state index in [0.29, 0.717) is 29.2 Å². The zero-order valence-corrected chi connectivity index (χ0v) is 13.5. The van der Waals surface area contributed by atoms with E-state index in [2.05, 4.69) is 12.2 Å². The minimum Gasteiger partial charge on any atom is -0.494 e. The van der Waals surface area contributed by atoms with Crippen molar-refractivity contribution >= 4 is 17.4 Å². The van der Waals surface area contributed by atoms with Crippen LogP contribution in [-0.2, 0) is 0 Å². The number of hydrogen-bond acceptors (Lipinski definition) is 3. The number of anilines is 1. The van der Waals surface area contributed by atoms with E-state index >= 15 is 0 Å². The summed E-state index contributed by atoms with van der Waals surface area (Å²) in [5.74, 6) is 0.486. The highest BCUT2D eigenvalue weighted by Gasteiger charge is 2.08. The highest BCUT2D eigenvalue weighted by atomic mass is 16.5. The number of nitrogens with one attached hydrogen (secondary N) is 1. The summed E-state index contributed by atoms with van der Waals surface area (Å²) in [6, 6.07) is 13.9. The maximum Gasteiger partial charge on any atom is 0.255 e. The van der Waals surface area contributed by atoms with Crippen LogP contribution in [0.25, 0.3) is 0 Å². The summed E-state index contributed by atoms with van der Waals surface area (Å²) in [4.78, 5) is 23.5. The maximum atomic E-state index is 12.3. The normalized spacial score (nSPS) is 10.2. The number of rotatable bonds is 7. The summed E-state index contributed by atoms with van der Waals surface area (Å²) in [6.45, 7) is 4.26. The quantitative estimate of drug-likeness (QED) is 0.612. The second kappa shape index (κ2) is 8.13. The van der Waals surface area contributed by atoms with Crippen molar-refractivity contribution in [3.05, 3.63) is 59.7 Å². The molecule has 23 heavy (non-hydrogen) atoms. The second-order valence-electron chi connectivity index (χ2n) is 5.32. The molecule has 0 unspecified atom stereocenters. The molecule has 2 aromatic rings. The molecule has 0 saturated carbocycles. The van der Waals surface area contributed by atoms with Gasteiger partial charge in [0.1, 0.15) is 5.75 Å². The van der Waals surface area contributed by atoms with Crippen LogP contribution in [0.1, 0.15) is 47.4 Å². The molecule has 0 fully saturated rings. The van der Waals surface area contributed by atoms with Gasteiger partial charge in [0.15, 0.2) is 5.78 Å². The highest BCUT2D eigenvalue weighted by Crippen LogP contribution is 2.16. The number of hydrogen-bond donors (Lipinski definition) is 1. The van der Waals surface area contributed by atoms with Crippen molar-refractivity contribution in [2.45, 2.75) is 26.7 Å². The van der Waals surface area contributed by atoms with Crippen molar-refractivity contribution in [3.63, 3.8) is 0 Å². The van der Waals surface area contributed by atoms with Gasteiger partial charge in [-0.25, -0.2) is 0 Å². The first-order valence-electron chi connectivity index (χ1n) is 7.75. The van der Waals surface area contributed by atoms with Crippen LogP contribution in [-0.4, -0.2) is 18.3 Å². The van der Waals surface area contributed by atoms with Gasteiger partial charge in [0.2, 0.25) is 0 Å². The molecular weight excluding hydrogens is 290 g/mol. The summed E-state index contributed by atoms with van der Waals surface area (Å²) in [7, 11) is 0. The van der Waals surface area contributed by atoms with Crippen LogP contribution in [0.15, 0.2) is 48.5 Å². The van der Waals surface area contributed by atoms with Crippen LogP contribution < -0.4 is 10.1 Å². The van der Waals surface area contributed by atoms with Crippen LogP contribution in [0.2, 0.25) is 0 Å². The molecule has 4 nitrogen and oxygen atoms in total. The fraction of sp³-hybridized carbons (Fsp3) is 0.263. The molecule has 0 aliphatic carbocycles. The molecular formula is C19H21NO3. The number of amides is 1. The lowest BCUT2D eigenvalue weighted by Gasteiger charge is -2.09. The van der Waals surface area contributed by atoms with Crippen molar-refractivity contribution in [2.75, 3.05) is 11.9 Å². The van der Waals surface area contributed by atoms with E-state index in [4.69, 9.17) is 4.74 Å². The predicted molar refractivity (Wildman–Crippen MR) is 91.2 cm³/mol. The highest BCUT2D eigenvalue weighted by molar-refractivity contribution is 6.04. The first-order valence-corrected chi connectivity index (χ1v) is 7.75. The molecule has 120 valence electrons. The number of unbranched alkanes of at least 4 members (excludes halogenated alkanes) is 1. The van der Waals surface area contributed by atoms with Crippen molar-refractivity contribution in [2.24, 2.45) is 0 Å². The number of Topliss-reactive ketones (excluding diaryl/α,β-unsaturated/α-hetero) is 1. The van der Waals surface area contributed by atoms with Crippen LogP contribution in [0.3, 0.4) is 0 Å². The van der Waals surface area contributed by atoms with Gasteiger partial charge in [-0.3, -0.25) is 9.59 Å². The van der Waals surface area contributed by atoms with Gasteiger partial charge in [-0.1, -0.05) is 19.4 Å². The molecule has 0 aliphatic rings. The van der Waals surface area contributed by atoms with E-state index in [9.17, 15) is 9.59 Å². The Bertz CT molecular complexity index is 677. The lowest BCUT2D eigenvalue weighted by atomic mass is 10.1. The van der Waals surface area contributed by atoms with Gasteiger partial charge in [-0.15, -0.1) is 0 Å². The third-order valence-corrected chi connectivity index (χ3v) is 3.41. The molecule has 0 bridgehead atoms. The molecule has 0 heterocycles. The number of ketones is 1. The Kier molecular flexibility index (Phi) is 5.92. The lowest BCUT2D eigenvalue weighted by Crippen LogP contribution is -2.12. The van der Waals surface area contributed by atoms with E-state index < -0.39 is 0 Å². The summed E-state index contributed by atoms with van der Waals surface area (Å²) < 4.78 is 5.61. The van der Waals surface area contributed by atoms with Gasteiger partial charge in [0, 0.05) is 16.8 Å². The predicted octanol–water partition coefficient (Wildman–Crippen LogP) is 4.32. The zero-order chi connectivity index (χ0) is 16.7. The van der Waals surface area contributed by atoms with Gasteiger partial charge in [-0.05, 0) is 55.8 Å². The first-order chi connectivity index (χ1) is 11.1. The fourth-order valence-electron chi connectivity index (χ4n) is 2.05. The lowest BCUT2D eigenvalue weighted by molar-refractivity contribution is 0.101. The smallest absolute Gasteiger partial charge is 0.255 e. The second-order valence-corrected chi connectivity index (χ2v) is 5.32. The minimum absolute atomic E-state index is 0.000180. The van der Waals surface area contributed by atoms with E-state index in [0.717, 1.165) is 12.8 Å². The van der Waals surface area contributed by atoms with Gasteiger partial charge in [0.25, 0.3) is 5.91 Å². The first kappa shape index (κ1) is 16.7. The average Bonchev–Trinajstić information content (AvgIpc) is 2.56. The summed E-state index contributed by atoms with van der Waals surface area (Å²) in [5, 5.41) is 2.81. The Morgan fingerprint density at radius 1 is 1.04 bits per heavy atom. The van der Waals surface area contributed by atoms with Gasteiger partial charge in [-0.2, -0.15) is 0 Å². The third kappa shape index (κ3) is 4.95. The Labute approximate surface area is 136 Å². The van der Waals surface area contributed by atoms with Crippen molar-refractivity contribution in [1.82, 2.24) is 0 Å². The van der Waals surface area contributed by atoms with Crippen LogP contribution in [0.5, 0.6) is 5.75 Å². The molecule has 2 aromatic carbocycles. The Balaban J connectivity index is 2.02. The largest absolute Gasteiger partial charge is 0.494 e. The number of carbonyl (C=O) groups excluding carboxylic acids is 2. The molecule has 0 saturated heterocycles. The summed E-state index contributed by atoms with van der Waals surface area (Å²) in [5.41, 5.74) is 1.81. The molecule has 1 amide bonds. The number of carbonyl (C=O) groups is 2. The molecule has 2 rings (SSSR count). The third-order valence-electron chi connectivity index (χ3n) is 3.41. The van der Waals surface area contributed by atoms with Crippen molar-refractivity contribution in [3.8, 4) is 5.75 Å². The molecule has 1 N–H and O–H groups in total. The molecule has 0 aliphatic heterocycles. The maximum absolute atomic E-state index is 12.3. The minimum atomic E-state index is -0.207. The Hall–Kier alpha value is -2.62. The molecule has 4 heteroatoms. The molecule has 0 atom stereocenters. The van der Waals surface area contributed by atoms with E-state index in [1.165, 1.54) is 6.92 Å². The Morgan fingerprint density at radius 2 is 1.78 bits per heavy atom. The van der Waals surface area contributed by atoms with Gasteiger partial charge >= 0.3 is 0 Å². The monoisotopic (exact) mass is 311 g/mol. The van der Waals surface area contributed by atoms with E-state index in [-0.39, 0.29) is 11.7 Å². The summed E-state index contributed by atoms with van der Waals surface area (Å²) >= 11 is 0. The molecule has 0 radical (unpaired) electrons. The average molecular weight is 311 g/mol. The number of benzene rings is 2. The number of ether oxygens (including phenoxy) is 1. The van der Waals surface area contributed by atoms with Gasteiger partial charge in [0.05, 0.1) is 6.61 Å². The zero-order valence-electron chi connectivity index (χ0n) is 13.5. The van der Waals surface area contributed by atoms with E-state index in [1.807, 2.05) is 6.07 Å². The fourth-order valence-corrected chi connectivity index (χ4v) is 2.05. The van der Waals surface area contributed by atoms with E-state index in [1.54, 1.807) is 42.5 Å². The SMILES string of the molecule is CCCCOc1cccc(C(=O)Nc2ccc(C(C)=O)cc2)c1. The van der Waals surface area contributed by atoms with Crippen LogP contribution in [0.4, 0.5) is 5.69 Å². The van der Waals surface area contributed by atoms with Crippen molar-refractivity contribution < 1.29 is 14.3 Å². The topological polar surface area (TPSA) is 55.4 Å². The summed E-state index contributed by atoms with van der Waals surface area (Å²) in [6.07, 6.45) is 2.05. The Morgan fingerprint density at radius 3 is 2.43 bits per heavy atom.